The van der Waals surface area contributed by atoms with Crippen molar-refractivity contribution in [3.63, 3.8) is 0 Å². The maximum atomic E-state index is 12.3. The first-order chi connectivity index (χ1) is 10.7. The second kappa shape index (κ2) is 7.07. The standard InChI is InChI=1S/C18H22N2OS/c1-14(17-8-5-11-22-17)19-10-4-9-18(21)20-12-15-6-2-3-7-16(15)13-20/h2-3,5-8,11,14,19H,4,9-10,12-13H2,1H3/t14-/m0/s1. The predicted octanol–water partition coefficient (Wildman–Crippen LogP) is 3.72. The molecule has 1 aromatic heterocycles. The van der Waals surface area contributed by atoms with Gasteiger partial charge in [-0.15, -0.1) is 11.3 Å². The third-order valence-electron chi connectivity index (χ3n) is 4.18. The fourth-order valence-electron chi connectivity index (χ4n) is 2.86. The molecule has 1 aromatic carbocycles. The molecule has 1 aliphatic heterocycles. The van der Waals surface area contributed by atoms with Gasteiger partial charge in [0.15, 0.2) is 0 Å². The first-order valence-corrected chi connectivity index (χ1v) is 8.73. The van der Waals surface area contributed by atoms with Crippen LogP contribution in [-0.2, 0) is 17.9 Å². The molecule has 1 amide bonds. The lowest BCUT2D eigenvalue weighted by atomic mass is 10.1. The summed E-state index contributed by atoms with van der Waals surface area (Å²) < 4.78 is 0. The third-order valence-corrected chi connectivity index (χ3v) is 5.24. The van der Waals surface area contributed by atoms with Crippen LogP contribution in [0.4, 0.5) is 0 Å². The van der Waals surface area contributed by atoms with E-state index in [0.29, 0.717) is 12.5 Å². The predicted molar refractivity (Wildman–Crippen MR) is 90.7 cm³/mol. The Labute approximate surface area is 136 Å². The zero-order valence-electron chi connectivity index (χ0n) is 12.9. The Hall–Kier alpha value is -1.65. The van der Waals surface area contributed by atoms with Gasteiger partial charge in [-0.3, -0.25) is 4.79 Å². The van der Waals surface area contributed by atoms with Crippen molar-refractivity contribution < 1.29 is 4.79 Å². The summed E-state index contributed by atoms with van der Waals surface area (Å²) in [7, 11) is 0. The van der Waals surface area contributed by atoms with Crippen LogP contribution in [0.15, 0.2) is 41.8 Å². The summed E-state index contributed by atoms with van der Waals surface area (Å²) in [6, 6.07) is 12.9. The molecule has 1 N–H and O–H groups in total. The molecule has 116 valence electrons. The summed E-state index contributed by atoms with van der Waals surface area (Å²) in [6.45, 7) is 4.60. The molecule has 0 aliphatic carbocycles. The van der Waals surface area contributed by atoms with E-state index in [0.717, 1.165) is 26.1 Å². The molecule has 2 heterocycles. The Morgan fingerprint density at radius 3 is 2.59 bits per heavy atom. The number of hydrogen-bond acceptors (Lipinski definition) is 3. The normalized spacial score (nSPS) is 14.9. The Bertz CT molecular complexity index is 599. The van der Waals surface area contributed by atoms with Crippen LogP contribution in [0.1, 0.15) is 41.8 Å². The minimum absolute atomic E-state index is 0.266. The zero-order chi connectivity index (χ0) is 15.4. The van der Waals surface area contributed by atoms with Gasteiger partial charge < -0.3 is 10.2 Å². The minimum Gasteiger partial charge on any atom is -0.334 e. The Morgan fingerprint density at radius 2 is 1.95 bits per heavy atom. The van der Waals surface area contributed by atoms with Crippen LogP contribution in [0, 0.1) is 0 Å². The number of hydrogen-bond donors (Lipinski definition) is 1. The molecular weight excluding hydrogens is 292 g/mol. The molecule has 0 unspecified atom stereocenters. The second-order valence-electron chi connectivity index (χ2n) is 5.81. The number of carbonyl (C=O) groups is 1. The van der Waals surface area contributed by atoms with E-state index in [2.05, 4.69) is 41.9 Å². The van der Waals surface area contributed by atoms with Crippen molar-refractivity contribution in [2.24, 2.45) is 0 Å². The lowest BCUT2D eigenvalue weighted by Crippen LogP contribution is -2.26. The van der Waals surface area contributed by atoms with E-state index < -0.39 is 0 Å². The highest BCUT2D eigenvalue weighted by Gasteiger charge is 2.22. The molecule has 0 bridgehead atoms. The van der Waals surface area contributed by atoms with Gasteiger partial charge in [-0.2, -0.15) is 0 Å². The largest absolute Gasteiger partial charge is 0.334 e. The molecule has 0 radical (unpaired) electrons. The average Bonchev–Trinajstić information content (AvgIpc) is 3.19. The van der Waals surface area contributed by atoms with Crippen LogP contribution in [0.3, 0.4) is 0 Å². The number of fused-ring (bicyclic) bond motifs is 1. The van der Waals surface area contributed by atoms with Gasteiger partial charge in [0.25, 0.3) is 0 Å². The third kappa shape index (κ3) is 3.57. The van der Waals surface area contributed by atoms with Gasteiger partial charge in [-0.1, -0.05) is 30.3 Å². The lowest BCUT2D eigenvalue weighted by Gasteiger charge is -2.16. The number of nitrogens with zero attached hydrogens (tertiary/aromatic N) is 1. The summed E-state index contributed by atoms with van der Waals surface area (Å²) in [4.78, 5) is 15.6. The topological polar surface area (TPSA) is 32.3 Å². The molecule has 1 aliphatic rings. The molecular formula is C18H22N2OS. The maximum Gasteiger partial charge on any atom is 0.223 e. The minimum atomic E-state index is 0.266. The van der Waals surface area contributed by atoms with Crippen molar-refractivity contribution in [3.05, 3.63) is 57.8 Å². The molecule has 0 saturated heterocycles. The van der Waals surface area contributed by atoms with E-state index in [1.807, 2.05) is 17.0 Å². The van der Waals surface area contributed by atoms with Crippen molar-refractivity contribution in [1.82, 2.24) is 10.2 Å². The van der Waals surface area contributed by atoms with Gasteiger partial charge in [0.05, 0.1) is 0 Å². The van der Waals surface area contributed by atoms with Gasteiger partial charge in [-0.05, 0) is 42.5 Å². The smallest absolute Gasteiger partial charge is 0.223 e. The molecule has 3 rings (SSSR count). The number of rotatable bonds is 6. The highest BCUT2D eigenvalue weighted by atomic mass is 32.1. The van der Waals surface area contributed by atoms with Crippen molar-refractivity contribution >= 4 is 17.2 Å². The first-order valence-electron chi connectivity index (χ1n) is 7.85. The fourth-order valence-corrected chi connectivity index (χ4v) is 3.62. The van der Waals surface area contributed by atoms with Crippen molar-refractivity contribution in [2.45, 2.75) is 38.9 Å². The Morgan fingerprint density at radius 1 is 1.23 bits per heavy atom. The van der Waals surface area contributed by atoms with E-state index in [1.165, 1.54) is 16.0 Å². The number of thiophene rings is 1. The van der Waals surface area contributed by atoms with Crippen LogP contribution < -0.4 is 5.32 Å². The van der Waals surface area contributed by atoms with E-state index in [1.54, 1.807) is 11.3 Å². The average molecular weight is 314 g/mol. The van der Waals surface area contributed by atoms with Gasteiger partial charge in [0.2, 0.25) is 5.91 Å². The van der Waals surface area contributed by atoms with E-state index in [4.69, 9.17) is 0 Å². The maximum absolute atomic E-state index is 12.3. The van der Waals surface area contributed by atoms with Crippen LogP contribution in [0.25, 0.3) is 0 Å². The second-order valence-corrected chi connectivity index (χ2v) is 6.79. The Kier molecular flexibility index (Phi) is 4.90. The molecule has 4 heteroatoms. The van der Waals surface area contributed by atoms with E-state index >= 15 is 0 Å². The molecule has 0 fully saturated rings. The zero-order valence-corrected chi connectivity index (χ0v) is 13.7. The highest BCUT2D eigenvalue weighted by Crippen LogP contribution is 2.23. The SMILES string of the molecule is C[C@H](NCCCC(=O)N1Cc2ccccc2C1)c1cccs1. The molecule has 0 saturated carbocycles. The number of benzene rings is 1. The van der Waals surface area contributed by atoms with Gasteiger partial charge in [-0.25, -0.2) is 0 Å². The molecule has 3 nitrogen and oxygen atoms in total. The molecule has 22 heavy (non-hydrogen) atoms. The quantitative estimate of drug-likeness (QED) is 0.824. The molecule has 0 spiro atoms. The first kappa shape index (κ1) is 15.3. The summed E-state index contributed by atoms with van der Waals surface area (Å²) in [5.41, 5.74) is 2.58. The summed E-state index contributed by atoms with van der Waals surface area (Å²) in [5.74, 6) is 0.266. The monoisotopic (exact) mass is 314 g/mol. The van der Waals surface area contributed by atoms with Crippen LogP contribution in [0.2, 0.25) is 0 Å². The van der Waals surface area contributed by atoms with Crippen molar-refractivity contribution in [3.8, 4) is 0 Å². The van der Waals surface area contributed by atoms with Crippen LogP contribution in [0.5, 0.6) is 0 Å². The van der Waals surface area contributed by atoms with Crippen molar-refractivity contribution in [2.75, 3.05) is 6.54 Å². The van der Waals surface area contributed by atoms with E-state index in [-0.39, 0.29) is 5.91 Å². The summed E-state index contributed by atoms with van der Waals surface area (Å²) >= 11 is 1.77. The van der Waals surface area contributed by atoms with E-state index in [9.17, 15) is 4.79 Å². The highest BCUT2D eigenvalue weighted by molar-refractivity contribution is 7.10. The van der Waals surface area contributed by atoms with Crippen molar-refractivity contribution in [1.29, 1.82) is 0 Å². The Balaban J connectivity index is 1.39. The van der Waals surface area contributed by atoms with Gasteiger partial charge in [0, 0.05) is 30.4 Å². The lowest BCUT2D eigenvalue weighted by molar-refractivity contribution is -0.131. The molecule has 1 atom stereocenters. The van der Waals surface area contributed by atoms with Gasteiger partial charge >= 0.3 is 0 Å². The summed E-state index contributed by atoms with van der Waals surface area (Å²) in [6.07, 6.45) is 1.51. The number of amides is 1. The fraction of sp³-hybridized carbons (Fsp3) is 0.389. The number of nitrogens with one attached hydrogen (secondary N) is 1. The molecule has 2 aromatic rings. The summed E-state index contributed by atoms with van der Waals surface area (Å²) in [5, 5.41) is 5.59. The number of carbonyl (C=O) groups excluding carboxylic acids is 1. The van der Waals surface area contributed by atoms with Gasteiger partial charge in [0.1, 0.15) is 0 Å². The van der Waals surface area contributed by atoms with Crippen LogP contribution in [-0.4, -0.2) is 17.4 Å². The van der Waals surface area contributed by atoms with Crippen LogP contribution >= 0.6 is 11.3 Å².